The van der Waals surface area contributed by atoms with Gasteiger partial charge in [-0.2, -0.15) is 11.8 Å². The van der Waals surface area contributed by atoms with E-state index in [0.717, 1.165) is 17.7 Å². The number of anilines is 1. The maximum Gasteiger partial charge on any atom is 0.146 e. The molecule has 4 heteroatoms. The molecule has 1 rings (SSSR count). The molecule has 2 nitrogen and oxygen atoms in total. The van der Waals surface area contributed by atoms with Gasteiger partial charge in [0.25, 0.3) is 0 Å². The normalized spacial score (nSPS) is 14.2. The summed E-state index contributed by atoms with van der Waals surface area (Å²) >= 11 is 1.79. The summed E-state index contributed by atoms with van der Waals surface area (Å²) in [5.41, 5.74) is 7.38. The van der Waals surface area contributed by atoms with E-state index in [1.165, 1.54) is 0 Å². The van der Waals surface area contributed by atoms with Crippen molar-refractivity contribution in [3.05, 3.63) is 29.6 Å². The van der Waals surface area contributed by atoms with Crippen molar-refractivity contribution in [1.29, 1.82) is 0 Å². The fourth-order valence-electron chi connectivity index (χ4n) is 2.23. The molecule has 108 valence electrons. The Morgan fingerprint density at radius 1 is 1.42 bits per heavy atom. The summed E-state index contributed by atoms with van der Waals surface area (Å²) in [7, 11) is 1.97. The number of thioether (sulfide) groups is 1. The molecule has 0 radical (unpaired) electrons. The van der Waals surface area contributed by atoms with Crippen LogP contribution in [0.15, 0.2) is 18.2 Å². The van der Waals surface area contributed by atoms with Gasteiger partial charge in [0.1, 0.15) is 5.82 Å². The van der Waals surface area contributed by atoms with Crippen LogP contribution in [0.2, 0.25) is 0 Å². The van der Waals surface area contributed by atoms with Gasteiger partial charge in [0.2, 0.25) is 0 Å². The smallest absolute Gasteiger partial charge is 0.146 e. The van der Waals surface area contributed by atoms with Crippen molar-refractivity contribution >= 4 is 17.4 Å². The average molecular weight is 284 g/mol. The third-order valence-electron chi connectivity index (χ3n) is 3.33. The number of rotatable bonds is 7. The molecule has 0 aliphatic rings. The summed E-state index contributed by atoms with van der Waals surface area (Å²) in [4.78, 5) is 2.04. The van der Waals surface area contributed by atoms with Crippen LogP contribution in [0.1, 0.15) is 25.8 Å². The van der Waals surface area contributed by atoms with Crippen molar-refractivity contribution in [2.24, 2.45) is 5.73 Å². The highest BCUT2D eigenvalue weighted by molar-refractivity contribution is 7.98. The van der Waals surface area contributed by atoms with Crippen LogP contribution in [0.3, 0.4) is 0 Å². The molecule has 2 unspecified atom stereocenters. The number of hydrogen-bond acceptors (Lipinski definition) is 3. The molecule has 0 saturated carbocycles. The first kappa shape index (κ1) is 16.3. The minimum Gasteiger partial charge on any atom is -0.368 e. The van der Waals surface area contributed by atoms with Gasteiger partial charge in [0.05, 0.1) is 5.69 Å². The Morgan fingerprint density at radius 3 is 2.58 bits per heavy atom. The average Bonchev–Trinajstić information content (AvgIpc) is 2.34. The Bertz CT molecular complexity index is 396. The van der Waals surface area contributed by atoms with E-state index in [9.17, 15) is 4.39 Å². The molecule has 2 atom stereocenters. The SMILES string of the molecule is CCC(CSC)N(C)c1ccc(CC(C)N)cc1F. The lowest BCUT2D eigenvalue weighted by Crippen LogP contribution is -2.33. The monoisotopic (exact) mass is 284 g/mol. The standard InChI is InChI=1S/C15H25FN2S/c1-5-13(10-19-4)18(3)15-7-6-12(8-11(2)17)9-14(15)16/h6-7,9,11,13H,5,8,10,17H2,1-4H3. The zero-order chi connectivity index (χ0) is 14.4. The third kappa shape index (κ3) is 4.69. The minimum atomic E-state index is -0.153. The van der Waals surface area contributed by atoms with Gasteiger partial charge in [-0.25, -0.2) is 4.39 Å². The molecule has 0 bridgehead atoms. The van der Waals surface area contributed by atoms with Gasteiger partial charge in [-0.1, -0.05) is 13.0 Å². The summed E-state index contributed by atoms with van der Waals surface area (Å²) in [5.74, 6) is 0.855. The van der Waals surface area contributed by atoms with E-state index in [1.807, 2.05) is 31.0 Å². The van der Waals surface area contributed by atoms with Crippen LogP contribution >= 0.6 is 11.8 Å². The van der Waals surface area contributed by atoms with Crippen LogP contribution in [0.5, 0.6) is 0 Å². The predicted molar refractivity (Wildman–Crippen MR) is 84.6 cm³/mol. The highest BCUT2D eigenvalue weighted by Crippen LogP contribution is 2.23. The molecule has 0 aliphatic heterocycles. The molecule has 1 aromatic carbocycles. The third-order valence-corrected chi connectivity index (χ3v) is 4.05. The van der Waals surface area contributed by atoms with Crippen molar-refractivity contribution in [3.8, 4) is 0 Å². The van der Waals surface area contributed by atoms with E-state index in [-0.39, 0.29) is 11.9 Å². The first-order valence-corrected chi connectivity index (χ1v) is 8.14. The van der Waals surface area contributed by atoms with Crippen molar-refractivity contribution in [1.82, 2.24) is 0 Å². The van der Waals surface area contributed by atoms with Crippen LogP contribution in [0.25, 0.3) is 0 Å². The van der Waals surface area contributed by atoms with Crippen LogP contribution in [-0.2, 0) is 6.42 Å². The van der Waals surface area contributed by atoms with E-state index in [1.54, 1.807) is 17.8 Å². The molecule has 2 N–H and O–H groups in total. The highest BCUT2D eigenvalue weighted by atomic mass is 32.2. The Labute approximate surface area is 120 Å². The Balaban J connectivity index is 2.88. The zero-order valence-corrected chi connectivity index (χ0v) is 13.1. The Kier molecular flexibility index (Phi) is 6.66. The maximum absolute atomic E-state index is 14.2. The second-order valence-electron chi connectivity index (χ2n) is 5.10. The van der Waals surface area contributed by atoms with E-state index in [0.29, 0.717) is 18.2 Å². The fraction of sp³-hybridized carbons (Fsp3) is 0.600. The van der Waals surface area contributed by atoms with Crippen molar-refractivity contribution in [3.63, 3.8) is 0 Å². The van der Waals surface area contributed by atoms with Gasteiger partial charge in [-0.3, -0.25) is 0 Å². The second kappa shape index (κ2) is 7.75. The lowest BCUT2D eigenvalue weighted by Gasteiger charge is -2.29. The van der Waals surface area contributed by atoms with Gasteiger partial charge < -0.3 is 10.6 Å². The quantitative estimate of drug-likeness (QED) is 0.833. The summed E-state index contributed by atoms with van der Waals surface area (Å²) in [6, 6.07) is 5.88. The Hall–Kier alpha value is -0.740. The zero-order valence-electron chi connectivity index (χ0n) is 12.3. The predicted octanol–water partition coefficient (Wildman–Crippen LogP) is 3.29. The summed E-state index contributed by atoms with van der Waals surface area (Å²) < 4.78 is 14.2. The van der Waals surface area contributed by atoms with E-state index < -0.39 is 0 Å². The van der Waals surface area contributed by atoms with Gasteiger partial charge in [0.15, 0.2) is 0 Å². The van der Waals surface area contributed by atoms with E-state index in [4.69, 9.17) is 5.73 Å². The number of nitrogens with two attached hydrogens (primary N) is 1. The summed E-state index contributed by atoms with van der Waals surface area (Å²) in [5, 5.41) is 0. The van der Waals surface area contributed by atoms with Crippen LogP contribution in [0, 0.1) is 5.82 Å². The molecule has 0 heterocycles. The molecule has 0 spiro atoms. The van der Waals surface area contributed by atoms with Crippen LogP contribution in [0.4, 0.5) is 10.1 Å². The fourth-order valence-corrected chi connectivity index (χ4v) is 3.07. The lowest BCUT2D eigenvalue weighted by molar-refractivity contribution is 0.599. The van der Waals surface area contributed by atoms with Crippen LogP contribution in [-0.4, -0.2) is 31.1 Å². The molecule has 1 aromatic rings. The van der Waals surface area contributed by atoms with E-state index >= 15 is 0 Å². The van der Waals surface area contributed by atoms with Crippen molar-refractivity contribution in [2.75, 3.05) is 24.0 Å². The maximum atomic E-state index is 14.2. The van der Waals surface area contributed by atoms with Gasteiger partial charge in [-0.15, -0.1) is 0 Å². The first-order chi connectivity index (χ1) is 8.99. The summed E-state index contributed by atoms with van der Waals surface area (Å²) in [6.07, 6.45) is 3.81. The van der Waals surface area contributed by atoms with Crippen LogP contribution < -0.4 is 10.6 Å². The molecular formula is C15H25FN2S. The molecule has 0 saturated heterocycles. The number of benzene rings is 1. The molecule has 0 aromatic heterocycles. The minimum absolute atomic E-state index is 0.0582. The molecular weight excluding hydrogens is 259 g/mol. The highest BCUT2D eigenvalue weighted by Gasteiger charge is 2.16. The molecule has 0 amide bonds. The lowest BCUT2D eigenvalue weighted by atomic mass is 10.1. The summed E-state index contributed by atoms with van der Waals surface area (Å²) in [6.45, 7) is 4.07. The molecule has 0 aliphatic carbocycles. The van der Waals surface area contributed by atoms with Gasteiger partial charge in [0, 0.05) is 24.9 Å². The number of nitrogens with zero attached hydrogens (tertiary/aromatic N) is 1. The Morgan fingerprint density at radius 2 is 2.11 bits per heavy atom. The molecule has 19 heavy (non-hydrogen) atoms. The number of halogens is 1. The largest absolute Gasteiger partial charge is 0.368 e. The number of hydrogen-bond donors (Lipinski definition) is 1. The topological polar surface area (TPSA) is 29.3 Å². The van der Waals surface area contributed by atoms with Crippen molar-refractivity contribution < 1.29 is 4.39 Å². The second-order valence-corrected chi connectivity index (χ2v) is 6.01. The molecule has 0 fully saturated rings. The van der Waals surface area contributed by atoms with Gasteiger partial charge >= 0.3 is 0 Å². The first-order valence-electron chi connectivity index (χ1n) is 6.75. The van der Waals surface area contributed by atoms with Crippen molar-refractivity contribution in [2.45, 2.75) is 38.8 Å². The van der Waals surface area contributed by atoms with Gasteiger partial charge in [-0.05, 0) is 43.7 Å². The van der Waals surface area contributed by atoms with E-state index in [2.05, 4.69) is 13.2 Å².